The standard InChI is InChI=1S/C11H20N2O6S2/c14-20(15,9-4-18-5-9)12-8-11(2-1-3-11)13-21(16,17)10-6-19-7-10/h9-10,12-13H,1-8H2. The molecule has 21 heavy (non-hydrogen) atoms. The van der Waals surface area contributed by atoms with Crippen molar-refractivity contribution in [3.05, 3.63) is 0 Å². The van der Waals surface area contributed by atoms with Gasteiger partial charge in [-0.2, -0.15) is 0 Å². The van der Waals surface area contributed by atoms with E-state index in [9.17, 15) is 16.8 Å². The zero-order chi connectivity index (χ0) is 15.1. The summed E-state index contributed by atoms with van der Waals surface area (Å²) in [6, 6.07) is 0. The lowest BCUT2D eigenvalue weighted by Gasteiger charge is -2.44. The summed E-state index contributed by atoms with van der Waals surface area (Å²) >= 11 is 0. The van der Waals surface area contributed by atoms with Gasteiger partial charge in [-0.3, -0.25) is 0 Å². The van der Waals surface area contributed by atoms with E-state index in [1.807, 2.05) is 0 Å². The predicted molar refractivity (Wildman–Crippen MR) is 74.8 cm³/mol. The fraction of sp³-hybridized carbons (Fsp3) is 1.00. The van der Waals surface area contributed by atoms with Gasteiger partial charge in [-0.15, -0.1) is 0 Å². The molecule has 2 saturated heterocycles. The number of rotatable bonds is 7. The van der Waals surface area contributed by atoms with Gasteiger partial charge < -0.3 is 9.47 Å². The van der Waals surface area contributed by atoms with E-state index >= 15 is 0 Å². The third-order valence-electron chi connectivity index (χ3n) is 4.37. The van der Waals surface area contributed by atoms with Crippen LogP contribution in [0.5, 0.6) is 0 Å². The van der Waals surface area contributed by atoms with Crippen molar-refractivity contribution in [1.29, 1.82) is 0 Å². The van der Waals surface area contributed by atoms with Crippen LogP contribution in [0.15, 0.2) is 0 Å². The first kappa shape index (κ1) is 15.6. The van der Waals surface area contributed by atoms with Crippen LogP contribution in [0.2, 0.25) is 0 Å². The summed E-state index contributed by atoms with van der Waals surface area (Å²) in [7, 11) is -6.89. The Morgan fingerprint density at radius 1 is 0.905 bits per heavy atom. The SMILES string of the molecule is O=S(=O)(NCC1(NS(=O)(=O)C2COC2)CCC1)C1COC1. The van der Waals surface area contributed by atoms with Crippen LogP contribution in [0.25, 0.3) is 0 Å². The van der Waals surface area contributed by atoms with Crippen molar-refractivity contribution in [2.45, 2.75) is 35.3 Å². The second-order valence-electron chi connectivity index (χ2n) is 5.97. The van der Waals surface area contributed by atoms with E-state index in [4.69, 9.17) is 9.47 Å². The maximum absolute atomic E-state index is 12.2. The van der Waals surface area contributed by atoms with Gasteiger partial charge in [-0.05, 0) is 19.3 Å². The Kier molecular flexibility index (Phi) is 4.04. The first-order chi connectivity index (χ1) is 9.83. The monoisotopic (exact) mass is 340 g/mol. The zero-order valence-electron chi connectivity index (χ0n) is 11.6. The van der Waals surface area contributed by atoms with Crippen molar-refractivity contribution in [2.75, 3.05) is 33.0 Å². The lowest BCUT2D eigenvalue weighted by atomic mass is 9.78. The van der Waals surface area contributed by atoms with Crippen LogP contribution in [0.3, 0.4) is 0 Å². The maximum atomic E-state index is 12.2. The normalized spacial score (nSPS) is 26.7. The van der Waals surface area contributed by atoms with Gasteiger partial charge in [0.05, 0.1) is 26.4 Å². The van der Waals surface area contributed by atoms with E-state index in [0.717, 1.165) is 6.42 Å². The molecule has 3 rings (SSSR count). The Morgan fingerprint density at radius 3 is 1.81 bits per heavy atom. The van der Waals surface area contributed by atoms with Crippen LogP contribution in [0.4, 0.5) is 0 Å². The molecule has 3 fully saturated rings. The largest absolute Gasteiger partial charge is 0.378 e. The molecule has 122 valence electrons. The van der Waals surface area contributed by atoms with Crippen LogP contribution >= 0.6 is 0 Å². The highest BCUT2D eigenvalue weighted by molar-refractivity contribution is 7.90. The van der Waals surface area contributed by atoms with Crippen molar-refractivity contribution in [3.8, 4) is 0 Å². The van der Waals surface area contributed by atoms with E-state index < -0.39 is 36.1 Å². The first-order valence-corrected chi connectivity index (χ1v) is 10.1. The Hall–Kier alpha value is -0.260. The van der Waals surface area contributed by atoms with Gasteiger partial charge in [0, 0.05) is 12.1 Å². The maximum Gasteiger partial charge on any atom is 0.219 e. The minimum atomic E-state index is -3.46. The van der Waals surface area contributed by atoms with Crippen LogP contribution < -0.4 is 9.44 Å². The van der Waals surface area contributed by atoms with Gasteiger partial charge in [-0.25, -0.2) is 26.3 Å². The van der Waals surface area contributed by atoms with E-state index in [1.165, 1.54) is 0 Å². The zero-order valence-corrected chi connectivity index (χ0v) is 13.2. The van der Waals surface area contributed by atoms with Gasteiger partial charge in [0.1, 0.15) is 10.5 Å². The number of hydrogen-bond acceptors (Lipinski definition) is 6. The van der Waals surface area contributed by atoms with Gasteiger partial charge in [0.15, 0.2) is 0 Å². The Morgan fingerprint density at radius 2 is 1.43 bits per heavy atom. The smallest absolute Gasteiger partial charge is 0.219 e. The minimum Gasteiger partial charge on any atom is -0.378 e. The van der Waals surface area contributed by atoms with E-state index in [1.54, 1.807) is 0 Å². The molecule has 8 nitrogen and oxygen atoms in total. The molecule has 1 aliphatic carbocycles. The lowest BCUT2D eigenvalue weighted by Crippen LogP contribution is -2.63. The number of hydrogen-bond donors (Lipinski definition) is 2. The third-order valence-corrected chi connectivity index (χ3v) is 7.94. The average Bonchev–Trinajstić information content (AvgIpc) is 2.14. The molecule has 0 radical (unpaired) electrons. The molecule has 1 saturated carbocycles. The Bertz CT molecular complexity index is 590. The fourth-order valence-electron chi connectivity index (χ4n) is 2.45. The second kappa shape index (κ2) is 5.43. The molecular weight excluding hydrogens is 320 g/mol. The van der Waals surface area contributed by atoms with Crippen molar-refractivity contribution in [2.24, 2.45) is 0 Å². The van der Waals surface area contributed by atoms with E-state index in [2.05, 4.69) is 9.44 Å². The third kappa shape index (κ3) is 3.10. The number of nitrogens with one attached hydrogen (secondary N) is 2. The van der Waals surface area contributed by atoms with Crippen molar-refractivity contribution in [3.63, 3.8) is 0 Å². The summed E-state index contributed by atoms with van der Waals surface area (Å²) in [6.07, 6.45) is 2.17. The Balaban J connectivity index is 1.61. The molecule has 2 aliphatic heterocycles. The first-order valence-electron chi connectivity index (χ1n) is 7.00. The molecule has 2 N–H and O–H groups in total. The van der Waals surface area contributed by atoms with Crippen molar-refractivity contribution >= 4 is 20.0 Å². The van der Waals surface area contributed by atoms with Crippen LogP contribution in [-0.2, 0) is 29.5 Å². The predicted octanol–water partition coefficient (Wildman–Crippen LogP) is -1.45. The van der Waals surface area contributed by atoms with Gasteiger partial charge in [-0.1, -0.05) is 0 Å². The summed E-state index contributed by atoms with van der Waals surface area (Å²) in [4.78, 5) is 0. The summed E-state index contributed by atoms with van der Waals surface area (Å²) in [5.41, 5.74) is -0.688. The molecule has 2 heterocycles. The fourth-order valence-corrected chi connectivity index (χ4v) is 5.31. The molecule has 0 aromatic heterocycles. The minimum absolute atomic E-state index is 0.0959. The molecular formula is C11H20N2O6S2. The van der Waals surface area contributed by atoms with Crippen molar-refractivity contribution in [1.82, 2.24) is 9.44 Å². The van der Waals surface area contributed by atoms with Gasteiger partial charge >= 0.3 is 0 Å². The highest BCUT2D eigenvalue weighted by Gasteiger charge is 2.45. The molecule has 0 unspecified atom stereocenters. The number of ether oxygens (including phenoxy) is 2. The van der Waals surface area contributed by atoms with Crippen molar-refractivity contribution < 1.29 is 26.3 Å². The summed E-state index contributed by atoms with van der Waals surface area (Å²) < 4.78 is 63.3. The van der Waals surface area contributed by atoms with Crippen LogP contribution in [-0.4, -0.2) is 65.8 Å². The molecule has 0 bridgehead atoms. The number of sulfonamides is 2. The quantitative estimate of drug-likeness (QED) is 0.586. The van der Waals surface area contributed by atoms with Gasteiger partial charge in [0.25, 0.3) is 0 Å². The summed E-state index contributed by atoms with van der Waals surface area (Å²) in [5, 5.41) is -1.04. The van der Waals surface area contributed by atoms with Crippen LogP contribution in [0, 0.1) is 0 Å². The molecule has 0 aromatic carbocycles. The summed E-state index contributed by atoms with van der Waals surface area (Å²) in [5.74, 6) is 0. The topological polar surface area (TPSA) is 111 Å². The van der Waals surface area contributed by atoms with Gasteiger partial charge in [0.2, 0.25) is 20.0 Å². The van der Waals surface area contributed by atoms with E-state index in [-0.39, 0.29) is 33.0 Å². The molecule has 0 atom stereocenters. The second-order valence-corrected chi connectivity index (χ2v) is 9.97. The lowest BCUT2D eigenvalue weighted by molar-refractivity contribution is 0.0397. The highest BCUT2D eigenvalue weighted by Crippen LogP contribution is 2.33. The van der Waals surface area contributed by atoms with E-state index in [0.29, 0.717) is 12.8 Å². The van der Waals surface area contributed by atoms with Crippen LogP contribution in [0.1, 0.15) is 19.3 Å². The molecule has 0 amide bonds. The highest BCUT2D eigenvalue weighted by atomic mass is 32.2. The molecule has 0 aromatic rings. The molecule has 0 spiro atoms. The molecule has 3 aliphatic rings. The average molecular weight is 340 g/mol. The molecule has 10 heteroatoms. The summed E-state index contributed by atoms with van der Waals surface area (Å²) in [6.45, 7) is 0.909. The Labute approximate surface area is 124 Å².